The molecular weight excluding hydrogens is 190 g/mol. The minimum Gasteiger partial charge on any atom is -0.390 e. The predicted octanol–water partition coefficient (Wildman–Crippen LogP) is 1.59. The second-order valence-corrected chi connectivity index (χ2v) is 3.62. The second kappa shape index (κ2) is 5.66. The molecule has 1 rings (SSSR count). The lowest BCUT2D eigenvalue weighted by Crippen LogP contribution is -2.31. The molecule has 1 aromatic heterocycles. The van der Waals surface area contributed by atoms with E-state index in [4.69, 9.17) is 5.11 Å². The van der Waals surface area contributed by atoms with E-state index >= 15 is 0 Å². The number of aliphatic hydroxyl groups is 1. The van der Waals surface area contributed by atoms with E-state index in [1.807, 2.05) is 13.1 Å². The molecule has 1 N–H and O–H groups in total. The molecule has 15 heavy (non-hydrogen) atoms. The van der Waals surface area contributed by atoms with Gasteiger partial charge in [-0.1, -0.05) is 13.8 Å². The molecule has 4 heteroatoms. The van der Waals surface area contributed by atoms with Gasteiger partial charge < -0.3 is 10.0 Å². The van der Waals surface area contributed by atoms with Crippen LogP contribution in [0.25, 0.3) is 0 Å². The standard InChI is InChI=1S/C11H19N3O/c1-4-10(5-2)14(3)11-7-6-9(8-15)12-13-11/h6-7,10,15H,4-5,8H2,1-3H3. The first-order valence-corrected chi connectivity index (χ1v) is 5.39. The van der Waals surface area contributed by atoms with Crippen molar-refractivity contribution in [3.63, 3.8) is 0 Å². The summed E-state index contributed by atoms with van der Waals surface area (Å²) in [7, 11) is 2.03. The lowest BCUT2D eigenvalue weighted by atomic mass is 10.1. The molecule has 0 saturated heterocycles. The number of anilines is 1. The maximum atomic E-state index is 8.85. The molecule has 0 bridgehead atoms. The molecule has 0 amide bonds. The van der Waals surface area contributed by atoms with Crippen molar-refractivity contribution in [2.24, 2.45) is 0 Å². The summed E-state index contributed by atoms with van der Waals surface area (Å²) < 4.78 is 0. The molecule has 0 fully saturated rings. The fourth-order valence-corrected chi connectivity index (χ4v) is 1.65. The molecule has 1 aromatic rings. The van der Waals surface area contributed by atoms with Crippen LogP contribution >= 0.6 is 0 Å². The molecule has 84 valence electrons. The SMILES string of the molecule is CCC(CC)N(C)c1ccc(CO)nn1. The molecule has 1 heterocycles. The minimum absolute atomic E-state index is 0.0536. The van der Waals surface area contributed by atoms with Gasteiger partial charge in [0.1, 0.15) is 0 Å². The number of rotatable bonds is 5. The van der Waals surface area contributed by atoms with Gasteiger partial charge in [0.25, 0.3) is 0 Å². The molecule has 0 aromatic carbocycles. The van der Waals surface area contributed by atoms with Gasteiger partial charge >= 0.3 is 0 Å². The second-order valence-electron chi connectivity index (χ2n) is 3.62. The fourth-order valence-electron chi connectivity index (χ4n) is 1.65. The van der Waals surface area contributed by atoms with Crippen LogP contribution in [0.5, 0.6) is 0 Å². The zero-order valence-corrected chi connectivity index (χ0v) is 9.64. The average Bonchev–Trinajstić information content (AvgIpc) is 2.30. The molecule has 0 saturated carbocycles. The van der Waals surface area contributed by atoms with Gasteiger partial charge in [0.15, 0.2) is 5.82 Å². The number of aliphatic hydroxyl groups excluding tert-OH is 1. The van der Waals surface area contributed by atoms with E-state index in [1.165, 1.54) is 0 Å². The molecule has 0 spiro atoms. The molecule has 0 radical (unpaired) electrons. The van der Waals surface area contributed by atoms with E-state index in [-0.39, 0.29) is 6.61 Å². The van der Waals surface area contributed by atoms with E-state index in [0.717, 1.165) is 18.7 Å². The monoisotopic (exact) mass is 209 g/mol. The molecule has 0 atom stereocenters. The highest BCUT2D eigenvalue weighted by Gasteiger charge is 2.12. The van der Waals surface area contributed by atoms with Gasteiger partial charge in [0.2, 0.25) is 0 Å². The Morgan fingerprint density at radius 3 is 2.33 bits per heavy atom. The first-order chi connectivity index (χ1) is 7.22. The van der Waals surface area contributed by atoms with Crippen molar-refractivity contribution < 1.29 is 5.11 Å². The van der Waals surface area contributed by atoms with Gasteiger partial charge in [-0.15, -0.1) is 5.10 Å². The van der Waals surface area contributed by atoms with Crippen molar-refractivity contribution >= 4 is 5.82 Å². The molecule has 0 aliphatic rings. The van der Waals surface area contributed by atoms with Crippen molar-refractivity contribution in [1.82, 2.24) is 10.2 Å². The lowest BCUT2D eigenvalue weighted by Gasteiger charge is -2.26. The summed E-state index contributed by atoms with van der Waals surface area (Å²) >= 11 is 0. The average molecular weight is 209 g/mol. The largest absolute Gasteiger partial charge is 0.390 e. The molecule has 0 aliphatic heterocycles. The van der Waals surface area contributed by atoms with Gasteiger partial charge in [0.05, 0.1) is 12.3 Å². The molecular formula is C11H19N3O. The summed E-state index contributed by atoms with van der Waals surface area (Å²) in [5.41, 5.74) is 0.608. The Bertz CT molecular complexity index is 282. The normalized spacial score (nSPS) is 10.7. The third-order valence-electron chi connectivity index (χ3n) is 2.72. The summed E-state index contributed by atoms with van der Waals surface area (Å²) in [5, 5.41) is 16.9. The molecule has 4 nitrogen and oxygen atoms in total. The molecule has 0 unspecified atom stereocenters. The number of nitrogens with zero attached hydrogens (tertiary/aromatic N) is 3. The van der Waals surface area contributed by atoms with Crippen LogP contribution in [-0.4, -0.2) is 28.4 Å². The summed E-state index contributed by atoms with van der Waals surface area (Å²) in [4.78, 5) is 2.13. The number of hydrogen-bond donors (Lipinski definition) is 1. The molecule has 0 aliphatic carbocycles. The highest BCUT2D eigenvalue weighted by atomic mass is 16.3. The Kier molecular flexibility index (Phi) is 4.49. The Morgan fingerprint density at radius 1 is 1.27 bits per heavy atom. The maximum Gasteiger partial charge on any atom is 0.151 e. The van der Waals surface area contributed by atoms with Crippen LogP contribution in [-0.2, 0) is 6.61 Å². The quantitative estimate of drug-likeness (QED) is 0.800. The van der Waals surface area contributed by atoms with Gasteiger partial charge in [-0.3, -0.25) is 0 Å². The van der Waals surface area contributed by atoms with E-state index < -0.39 is 0 Å². The van der Waals surface area contributed by atoms with Crippen molar-refractivity contribution in [2.75, 3.05) is 11.9 Å². The first kappa shape index (κ1) is 11.9. The van der Waals surface area contributed by atoms with E-state index in [2.05, 4.69) is 28.9 Å². The van der Waals surface area contributed by atoms with Crippen LogP contribution < -0.4 is 4.90 Å². The van der Waals surface area contributed by atoms with Crippen LogP contribution in [0.15, 0.2) is 12.1 Å². The summed E-state index contributed by atoms with van der Waals surface area (Å²) in [6.45, 7) is 4.28. The first-order valence-electron chi connectivity index (χ1n) is 5.39. The summed E-state index contributed by atoms with van der Waals surface area (Å²) in [6, 6.07) is 4.21. The van der Waals surface area contributed by atoms with Crippen LogP contribution in [0, 0.1) is 0 Å². The summed E-state index contributed by atoms with van der Waals surface area (Å²) in [6.07, 6.45) is 2.19. The van der Waals surface area contributed by atoms with Gasteiger partial charge in [0, 0.05) is 13.1 Å². The fraction of sp³-hybridized carbons (Fsp3) is 0.636. The smallest absolute Gasteiger partial charge is 0.151 e. The zero-order valence-electron chi connectivity index (χ0n) is 9.64. The number of aromatic nitrogens is 2. The topological polar surface area (TPSA) is 49.2 Å². The van der Waals surface area contributed by atoms with Crippen molar-refractivity contribution in [3.8, 4) is 0 Å². The lowest BCUT2D eigenvalue weighted by molar-refractivity contribution is 0.275. The Morgan fingerprint density at radius 2 is 1.93 bits per heavy atom. The highest BCUT2D eigenvalue weighted by Crippen LogP contribution is 2.15. The summed E-state index contributed by atoms with van der Waals surface area (Å²) in [5.74, 6) is 0.862. The third kappa shape index (κ3) is 2.89. The maximum absolute atomic E-state index is 8.85. The van der Waals surface area contributed by atoms with Gasteiger partial charge in [-0.05, 0) is 25.0 Å². The van der Waals surface area contributed by atoms with Crippen LogP contribution in [0.4, 0.5) is 5.82 Å². The Balaban J connectivity index is 2.76. The van der Waals surface area contributed by atoms with E-state index in [1.54, 1.807) is 6.07 Å². The van der Waals surface area contributed by atoms with Crippen LogP contribution in [0.1, 0.15) is 32.4 Å². The Labute approximate surface area is 90.9 Å². The van der Waals surface area contributed by atoms with Crippen LogP contribution in [0.2, 0.25) is 0 Å². The highest BCUT2D eigenvalue weighted by molar-refractivity contribution is 5.37. The van der Waals surface area contributed by atoms with Crippen molar-refractivity contribution in [3.05, 3.63) is 17.8 Å². The Hall–Kier alpha value is -1.16. The van der Waals surface area contributed by atoms with Gasteiger partial charge in [-0.25, -0.2) is 0 Å². The van der Waals surface area contributed by atoms with Crippen LogP contribution in [0.3, 0.4) is 0 Å². The minimum atomic E-state index is -0.0536. The van der Waals surface area contributed by atoms with Gasteiger partial charge in [-0.2, -0.15) is 5.10 Å². The third-order valence-corrected chi connectivity index (χ3v) is 2.72. The predicted molar refractivity (Wildman–Crippen MR) is 60.7 cm³/mol. The van der Waals surface area contributed by atoms with E-state index in [0.29, 0.717) is 11.7 Å². The van der Waals surface area contributed by atoms with E-state index in [9.17, 15) is 0 Å². The zero-order chi connectivity index (χ0) is 11.3. The van der Waals surface area contributed by atoms with Crippen molar-refractivity contribution in [2.45, 2.75) is 39.3 Å². The number of hydrogen-bond acceptors (Lipinski definition) is 4. The van der Waals surface area contributed by atoms with Crippen molar-refractivity contribution in [1.29, 1.82) is 0 Å².